The van der Waals surface area contributed by atoms with Gasteiger partial charge in [0.25, 0.3) is 0 Å². The van der Waals surface area contributed by atoms with Crippen LogP contribution in [0.4, 0.5) is 0 Å². The molecule has 0 radical (unpaired) electrons. The van der Waals surface area contributed by atoms with Gasteiger partial charge in [0.05, 0.1) is 12.2 Å². The summed E-state index contributed by atoms with van der Waals surface area (Å²) in [5.41, 5.74) is 0.783. The van der Waals surface area contributed by atoms with Gasteiger partial charge in [-0.15, -0.1) is 0 Å². The van der Waals surface area contributed by atoms with Gasteiger partial charge >= 0.3 is 11.9 Å². The minimum Gasteiger partial charge on any atom is -0.454 e. The fourth-order valence-corrected chi connectivity index (χ4v) is 6.35. The lowest BCUT2D eigenvalue weighted by Gasteiger charge is -2.45. The first-order chi connectivity index (χ1) is 16.6. The molecule has 2 N–H and O–H groups in total. The summed E-state index contributed by atoms with van der Waals surface area (Å²) in [6, 6.07) is 0. The number of hydrogen-bond acceptors (Lipinski definition) is 7. The van der Waals surface area contributed by atoms with Crippen LogP contribution >= 0.6 is 0 Å². The quantitative estimate of drug-likeness (QED) is 0.388. The number of hydrogen-bond donors (Lipinski definition) is 2. The highest BCUT2D eigenvalue weighted by Gasteiger charge is 2.59. The van der Waals surface area contributed by atoms with Crippen molar-refractivity contribution < 1.29 is 34.0 Å². The van der Waals surface area contributed by atoms with Crippen LogP contribution in [-0.4, -0.2) is 58.8 Å². The van der Waals surface area contributed by atoms with E-state index in [1.165, 1.54) is 0 Å². The van der Waals surface area contributed by atoms with Crippen molar-refractivity contribution in [3.8, 4) is 0 Å². The summed E-state index contributed by atoms with van der Waals surface area (Å²) in [5.74, 6) is -0.692. The molecule has 2 aliphatic heterocycles. The van der Waals surface area contributed by atoms with Gasteiger partial charge in [-0.05, 0) is 69.3 Å². The van der Waals surface area contributed by atoms with Gasteiger partial charge in [0.2, 0.25) is 0 Å². The average molecular weight is 493 g/mol. The SMILES string of the molecule is C=C1CC[C@H]([C@@H](C)CO)[C@@H]2[C@H]1[C@H]1CC(=C)[C@@H](O)CC[C@@](C)(OC(=O)[C@H](CC)OC(=O)CCC)[C@@H]2O1. The van der Waals surface area contributed by atoms with E-state index in [9.17, 15) is 19.8 Å². The van der Waals surface area contributed by atoms with Crippen molar-refractivity contribution >= 4 is 11.9 Å². The Balaban J connectivity index is 1.96. The zero-order valence-corrected chi connectivity index (χ0v) is 21.8. The van der Waals surface area contributed by atoms with Crippen LogP contribution in [0.2, 0.25) is 0 Å². The zero-order valence-electron chi connectivity index (χ0n) is 21.8. The Hall–Kier alpha value is -1.70. The predicted octanol–water partition coefficient (Wildman–Crippen LogP) is 4.11. The van der Waals surface area contributed by atoms with E-state index >= 15 is 0 Å². The van der Waals surface area contributed by atoms with Crippen LogP contribution in [0.5, 0.6) is 0 Å². The summed E-state index contributed by atoms with van der Waals surface area (Å²) in [6.45, 7) is 16.2. The maximum atomic E-state index is 13.3. The molecule has 9 atom stereocenters. The van der Waals surface area contributed by atoms with Gasteiger partial charge in [0.15, 0.2) is 6.10 Å². The standard InChI is InChI=1S/C28H44O7/c1-7-9-23(31)33-21(8-2)27(32)35-28(6)13-12-20(30)17(4)14-22-24-16(3)10-11-19(18(5)15-29)25(24)26(28)34-22/h18-22,24-26,29-30H,3-4,7-15H2,1-2,5-6H3/t18-,19+,20-,21-,22+,24+,25+,26+,28+/m0/s1. The molecule has 0 amide bonds. The topological polar surface area (TPSA) is 102 Å². The van der Waals surface area contributed by atoms with Crippen molar-refractivity contribution in [3.05, 3.63) is 24.3 Å². The molecule has 7 heteroatoms. The van der Waals surface area contributed by atoms with Crippen molar-refractivity contribution in [2.75, 3.05) is 6.61 Å². The van der Waals surface area contributed by atoms with Crippen LogP contribution in [0.15, 0.2) is 24.3 Å². The fourth-order valence-electron chi connectivity index (χ4n) is 6.35. The third kappa shape index (κ3) is 5.83. The Kier molecular flexibility index (Phi) is 9.22. The molecule has 198 valence electrons. The van der Waals surface area contributed by atoms with Crippen molar-refractivity contribution in [2.45, 2.75) is 109 Å². The van der Waals surface area contributed by atoms with E-state index in [2.05, 4.69) is 20.1 Å². The second-order valence-corrected chi connectivity index (χ2v) is 11.0. The van der Waals surface area contributed by atoms with Gasteiger partial charge in [0.1, 0.15) is 11.7 Å². The number of aliphatic hydroxyl groups is 2. The molecule has 0 aromatic heterocycles. The summed E-state index contributed by atoms with van der Waals surface area (Å²) in [5, 5.41) is 20.8. The molecule has 0 spiro atoms. The number of carbonyl (C=O) groups is 2. The summed E-state index contributed by atoms with van der Waals surface area (Å²) >= 11 is 0. The van der Waals surface area contributed by atoms with E-state index in [4.69, 9.17) is 14.2 Å². The van der Waals surface area contributed by atoms with Crippen LogP contribution < -0.4 is 0 Å². The average Bonchev–Trinajstić information content (AvgIpc) is 3.22. The first-order valence-electron chi connectivity index (χ1n) is 13.3. The largest absolute Gasteiger partial charge is 0.454 e. The van der Waals surface area contributed by atoms with Crippen LogP contribution in [0.1, 0.15) is 79.1 Å². The highest BCUT2D eigenvalue weighted by atomic mass is 16.6. The van der Waals surface area contributed by atoms with Crippen LogP contribution in [0.3, 0.4) is 0 Å². The first kappa shape index (κ1) is 27.9. The maximum absolute atomic E-state index is 13.3. The Morgan fingerprint density at radius 3 is 2.57 bits per heavy atom. The lowest BCUT2D eigenvalue weighted by atomic mass is 9.61. The van der Waals surface area contributed by atoms with Gasteiger partial charge in [-0.1, -0.05) is 39.5 Å². The van der Waals surface area contributed by atoms with Crippen molar-refractivity contribution in [1.82, 2.24) is 0 Å². The van der Waals surface area contributed by atoms with Gasteiger partial charge < -0.3 is 24.4 Å². The summed E-state index contributed by atoms with van der Waals surface area (Å²) < 4.78 is 18.3. The second kappa shape index (κ2) is 11.6. The highest BCUT2D eigenvalue weighted by molar-refractivity contribution is 5.79. The summed E-state index contributed by atoms with van der Waals surface area (Å²) in [4.78, 5) is 25.4. The lowest BCUT2D eigenvalue weighted by Crippen LogP contribution is -2.52. The van der Waals surface area contributed by atoms with Gasteiger partial charge in [-0.25, -0.2) is 4.79 Å². The molecule has 3 aliphatic rings. The number of aliphatic hydroxyl groups excluding tert-OH is 2. The van der Waals surface area contributed by atoms with Crippen molar-refractivity contribution in [2.24, 2.45) is 23.7 Å². The van der Waals surface area contributed by atoms with Crippen LogP contribution in [0.25, 0.3) is 0 Å². The van der Waals surface area contributed by atoms with E-state index in [-0.39, 0.29) is 42.8 Å². The molecule has 1 aliphatic carbocycles. The zero-order chi connectivity index (χ0) is 25.9. The number of rotatable bonds is 8. The molecule has 2 bridgehead atoms. The third-order valence-electron chi connectivity index (χ3n) is 8.42. The molecule has 0 aromatic rings. The molecule has 0 aromatic carbocycles. The van der Waals surface area contributed by atoms with E-state index in [0.717, 1.165) is 24.0 Å². The van der Waals surface area contributed by atoms with E-state index in [0.29, 0.717) is 32.1 Å². The van der Waals surface area contributed by atoms with Crippen LogP contribution in [0, 0.1) is 23.7 Å². The molecule has 7 nitrogen and oxygen atoms in total. The molecule has 1 saturated carbocycles. The fraction of sp³-hybridized carbons (Fsp3) is 0.786. The molecule has 2 heterocycles. The van der Waals surface area contributed by atoms with Crippen molar-refractivity contribution in [1.29, 1.82) is 0 Å². The smallest absolute Gasteiger partial charge is 0.348 e. The van der Waals surface area contributed by atoms with Gasteiger partial charge in [-0.2, -0.15) is 0 Å². The Labute approximate surface area is 209 Å². The molecular formula is C28H44O7. The number of ether oxygens (including phenoxy) is 3. The molecular weight excluding hydrogens is 448 g/mol. The van der Waals surface area contributed by atoms with Crippen LogP contribution in [-0.2, 0) is 23.8 Å². The monoisotopic (exact) mass is 492 g/mol. The predicted molar refractivity (Wildman–Crippen MR) is 132 cm³/mol. The summed E-state index contributed by atoms with van der Waals surface area (Å²) in [7, 11) is 0. The molecule has 0 unspecified atom stereocenters. The first-order valence-corrected chi connectivity index (χ1v) is 13.3. The highest BCUT2D eigenvalue weighted by Crippen LogP contribution is 2.55. The number of carbonyl (C=O) groups excluding carboxylic acids is 2. The molecule has 35 heavy (non-hydrogen) atoms. The van der Waals surface area contributed by atoms with E-state index < -0.39 is 35.9 Å². The summed E-state index contributed by atoms with van der Waals surface area (Å²) in [6.07, 6.45) is 1.89. The molecule has 2 saturated heterocycles. The van der Waals surface area contributed by atoms with Gasteiger partial charge in [0, 0.05) is 24.9 Å². The normalized spacial score (nSPS) is 36.9. The second-order valence-electron chi connectivity index (χ2n) is 11.0. The van der Waals surface area contributed by atoms with Crippen molar-refractivity contribution in [3.63, 3.8) is 0 Å². The Morgan fingerprint density at radius 2 is 1.94 bits per heavy atom. The maximum Gasteiger partial charge on any atom is 0.348 e. The Morgan fingerprint density at radius 1 is 1.23 bits per heavy atom. The van der Waals surface area contributed by atoms with Gasteiger partial charge in [-0.3, -0.25) is 4.79 Å². The minimum absolute atomic E-state index is 0.0203. The molecule has 3 fully saturated rings. The number of fused-ring (bicyclic) bond motifs is 5. The Bertz CT molecular complexity index is 807. The lowest BCUT2D eigenvalue weighted by molar-refractivity contribution is -0.195. The molecule has 3 rings (SSSR count). The third-order valence-corrected chi connectivity index (χ3v) is 8.42. The minimum atomic E-state index is -1.05. The van der Waals surface area contributed by atoms with E-state index in [1.807, 2.05) is 13.8 Å². The van der Waals surface area contributed by atoms with E-state index in [1.54, 1.807) is 6.92 Å². The number of esters is 2.